The zero-order valence-corrected chi connectivity index (χ0v) is 17.0. The van der Waals surface area contributed by atoms with Crippen molar-refractivity contribution in [2.45, 2.75) is 25.9 Å². The average Bonchev–Trinajstić information content (AvgIpc) is 2.74. The van der Waals surface area contributed by atoms with Crippen molar-refractivity contribution in [3.63, 3.8) is 0 Å². The van der Waals surface area contributed by atoms with Gasteiger partial charge in [-0.2, -0.15) is 0 Å². The molecule has 0 bridgehead atoms. The van der Waals surface area contributed by atoms with Crippen molar-refractivity contribution in [1.82, 2.24) is 15.3 Å². The van der Waals surface area contributed by atoms with Crippen LogP contribution in [0, 0.1) is 12.7 Å². The van der Waals surface area contributed by atoms with Crippen LogP contribution in [-0.2, 0) is 0 Å². The van der Waals surface area contributed by atoms with E-state index in [0.717, 1.165) is 25.9 Å². The molecule has 152 valence electrons. The van der Waals surface area contributed by atoms with Crippen molar-refractivity contribution < 1.29 is 13.9 Å². The Morgan fingerprint density at radius 1 is 1.24 bits per heavy atom. The molecule has 1 aromatic heterocycles. The molecule has 1 atom stereocenters. The van der Waals surface area contributed by atoms with E-state index < -0.39 is 5.82 Å². The minimum Gasteiger partial charge on any atom is -0.493 e. The summed E-state index contributed by atoms with van der Waals surface area (Å²) >= 11 is 6.00. The molecule has 1 fully saturated rings. The van der Waals surface area contributed by atoms with Crippen LogP contribution in [0.15, 0.2) is 30.6 Å². The van der Waals surface area contributed by atoms with E-state index in [9.17, 15) is 4.39 Å². The van der Waals surface area contributed by atoms with Gasteiger partial charge in [0, 0.05) is 28.6 Å². The van der Waals surface area contributed by atoms with Gasteiger partial charge in [0.05, 0.1) is 18.3 Å². The molecule has 1 unspecified atom stereocenters. The SMILES string of the molecule is COc1cc2ncnc(Nc3ccc(Cl)c(C)c3F)c2cc1OC1CCCNC1. The van der Waals surface area contributed by atoms with Crippen LogP contribution in [0.5, 0.6) is 11.5 Å². The van der Waals surface area contributed by atoms with Crippen LogP contribution in [0.25, 0.3) is 10.9 Å². The second kappa shape index (κ2) is 8.39. The summed E-state index contributed by atoms with van der Waals surface area (Å²) in [5, 5.41) is 7.48. The highest BCUT2D eigenvalue weighted by atomic mass is 35.5. The van der Waals surface area contributed by atoms with Gasteiger partial charge in [0.2, 0.25) is 0 Å². The molecule has 2 N–H and O–H groups in total. The highest BCUT2D eigenvalue weighted by Gasteiger charge is 2.19. The van der Waals surface area contributed by atoms with Crippen LogP contribution in [0.4, 0.5) is 15.9 Å². The van der Waals surface area contributed by atoms with E-state index in [0.29, 0.717) is 44.5 Å². The summed E-state index contributed by atoms with van der Waals surface area (Å²) in [6, 6.07) is 6.88. The predicted octanol–water partition coefficient (Wildman–Crippen LogP) is 4.61. The molecular weight excluding hydrogens is 395 g/mol. The summed E-state index contributed by atoms with van der Waals surface area (Å²) in [6.07, 6.45) is 3.52. The molecule has 4 rings (SSSR count). The first-order chi connectivity index (χ1) is 14.1. The number of nitrogens with zero attached hydrogens (tertiary/aromatic N) is 2. The largest absolute Gasteiger partial charge is 0.493 e. The van der Waals surface area contributed by atoms with Crippen LogP contribution in [0.1, 0.15) is 18.4 Å². The lowest BCUT2D eigenvalue weighted by molar-refractivity contribution is 0.161. The van der Waals surface area contributed by atoms with Crippen molar-refractivity contribution in [1.29, 1.82) is 0 Å². The Labute approximate surface area is 173 Å². The highest BCUT2D eigenvalue weighted by molar-refractivity contribution is 6.31. The molecular formula is C21H22ClFN4O2. The first-order valence-electron chi connectivity index (χ1n) is 9.48. The van der Waals surface area contributed by atoms with Gasteiger partial charge in [-0.1, -0.05) is 11.6 Å². The van der Waals surface area contributed by atoms with E-state index in [-0.39, 0.29) is 6.10 Å². The van der Waals surface area contributed by atoms with Gasteiger partial charge in [-0.05, 0) is 44.5 Å². The van der Waals surface area contributed by atoms with Crippen LogP contribution in [-0.4, -0.2) is 36.3 Å². The van der Waals surface area contributed by atoms with E-state index in [4.69, 9.17) is 21.1 Å². The molecule has 29 heavy (non-hydrogen) atoms. The molecule has 0 spiro atoms. The highest BCUT2D eigenvalue weighted by Crippen LogP contribution is 2.36. The zero-order valence-electron chi connectivity index (χ0n) is 16.3. The molecule has 8 heteroatoms. The van der Waals surface area contributed by atoms with Gasteiger partial charge in [0.25, 0.3) is 0 Å². The van der Waals surface area contributed by atoms with E-state index in [1.54, 1.807) is 32.2 Å². The Bertz CT molecular complexity index is 1040. The lowest BCUT2D eigenvalue weighted by atomic mass is 10.1. The van der Waals surface area contributed by atoms with Crippen LogP contribution in [0.3, 0.4) is 0 Å². The third kappa shape index (κ3) is 4.06. The molecule has 6 nitrogen and oxygen atoms in total. The maximum Gasteiger partial charge on any atom is 0.162 e. The summed E-state index contributed by atoms with van der Waals surface area (Å²) in [5.41, 5.74) is 1.34. The maximum absolute atomic E-state index is 14.6. The summed E-state index contributed by atoms with van der Waals surface area (Å²) in [5.74, 6) is 1.27. The van der Waals surface area contributed by atoms with E-state index >= 15 is 0 Å². The third-order valence-electron chi connectivity index (χ3n) is 5.04. The number of hydrogen-bond acceptors (Lipinski definition) is 6. The molecule has 2 aromatic carbocycles. The number of hydrogen-bond donors (Lipinski definition) is 2. The maximum atomic E-state index is 14.6. The molecule has 0 saturated carbocycles. The second-order valence-electron chi connectivity index (χ2n) is 6.99. The lowest BCUT2D eigenvalue weighted by Gasteiger charge is -2.25. The van der Waals surface area contributed by atoms with Gasteiger partial charge in [0.1, 0.15) is 18.2 Å². The van der Waals surface area contributed by atoms with Crippen LogP contribution < -0.4 is 20.1 Å². The zero-order chi connectivity index (χ0) is 20.4. The van der Waals surface area contributed by atoms with Crippen molar-refractivity contribution in [2.75, 3.05) is 25.5 Å². The molecule has 2 heterocycles. The smallest absolute Gasteiger partial charge is 0.162 e. The predicted molar refractivity (Wildman–Crippen MR) is 112 cm³/mol. The van der Waals surface area contributed by atoms with Gasteiger partial charge in [-0.15, -0.1) is 0 Å². The van der Waals surface area contributed by atoms with E-state index in [1.807, 2.05) is 6.07 Å². The normalized spacial score (nSPS) is 16.6. The van der Waals surface area contributed by atoms with Crippen LogP contribution >= 0.6 is 11.6 Å². The Morgan fingerprint density at radius 2 is 2.10 bits per heavy atom. The summed E-state index contributed by atoms with van der Waals surface area (Å²) < 4.78 is 26.3. The first-order valence-corrected chi connectivity index (χ1v) is 9.86. The van der Waals surface area contributed by atoms with E-state index in [1.165, 1.54) is 6.33 Å². The Morgan fingerprint density at radius 3 is 2.86 bits per heavy atom. The fourth-order valence-corrected chi connectivity index (χ4v) is 3.55. The first kappa shape index (κ1) is 19.7. The number of nitrogens with one attached hydrogen (secondary N) is 2. The van der Waals surface area contributed by atoms with Gasteiger partial charge < -0.3 is 20.1 Å². The molecule has 1 saturated heterocycles. The number of piperidine rings is 1. The number of anilines is 2. The Kier molecular flexibility index (Phi) is 5.69. The van der Waals surface area contributed by atoms with Gasteiger partial charge in [-0.25, -0.2) is 14.4 Å². The van der Waals surface area contributed by atoms with Gasteiger partial charge in [-0.3, -0.25) is 0 Å². The number of benzene rings is 2. The topological polar surface area (TPSA) is 68.3 Å². The van der Waals surface area contributed by atoms with Crippen molar-refractivity contribution >= 4 is 34.0 Å². The van der Waals surface area contributed by atoms with Crippen molar-refractivity contribution in [3.05, 3.63) is 47.0 Å². The quantitative estimate of drug-likeness (QED) is 0.632. The van der Waals surface area contributed by atoms with Crippen molar-refractivity contribution in [2.24, 2.45) is 0 Å². The standard InChI is InChI=1S/C21H22ClFN4O2/c1-12-15(22)5-6-16(20(12)23)27-21-14-8-19(29-13-4-3-7-24-10-13)18(28-2)9-17(14)25-11-26-21/h5-6,8-9,11,13,24H,3-4,7,10H2,1-2H3,(H,25,26,27). The molecule has 3 aromatic rings. The fourth-order valence-electron chi connectivity index (χ4n) is 3.40. The monoisotopic (exact) mass is 416 g/mol. The second-order valence-corrected chi connectivity index (χ2v) is 7.39. The van der Waals surface area contributed by atoms with Gasteiger partial charge >= 0.3 is 0 Å². The number of ether oxygens (including phenoxy) is 2. The van der Waals surface area contributed by atoms with E-state index in [2.05, 4.69) is 20.6 Å². The molecule has 1 aliphatic rings. The molecule has 0 amide bonds. The third-order valence-corrected chi connectivity index (χ3v) is 5.45. The minimum absolute atomic E-state index is 0.0625. The number of methoxy groups -OCH3 is 1. The number of rotatable bonds is 5. The molecule has 0 radical (unpaired) electrons. The molecule has 1 aliphatic heterocycles. The van der Waals surface area contributed by atoms with Gasteiger partial charge in [0.15, 0.2) is 17.3 Å². The lowest BCUT2D eigenvalue weighted by Crippen LogP contribution is -2.37. The summed E-state index contributed by atoms with van der Waals surface area (Å²) in [7, 11) is 1.60. The number of fused-ring (bicyclic) bond motifs is 1. The molecule has 0 aliphatic carbocycles. The number of aromatic nitrogens is 2. The minimum atomic E-state index is -0.414. The summed E-state index contributed by atoms with van der Waals surface area (Å²) in [4.78, 5) is 8.63. The Balaban J connectivity index is 1.73. The average molecular weight is 417 g/mol. The van der Waals surface area contributed by atoms with Crippen molar-refractivity contribution in [3.8, 4) is 11.5 Å². The van der Waals surface area contributed by atoms with Crippen LogP contribution in [0.2, 0.25) is 5.02 Å². The Hall–Kier alpha value is -2.64. The number of halogens is 2. The summed E-state index contributed by atoms with van der Waals surface area (Å²) in [6.45, 7) is 3.42. The fraction of sp³-hybridized carbons (Fsp3) is 0.333.